The van der Waals surface area contributed by atoms with Gasteiger partial charge in [0.1, 0.15) is 10.6 Å². The number of methoxy groups -OCH3 is 2. The zero-order valence-electron chi connectivity index (χ0n) is 16.6. The molecule has 0 radical (unpaired) electrons. The Balaban J connectivity index is 2.25. The monoisotopic (exact) mass is 407 g/mol. The van der Waals surface area contributed by atoms with E-state index >= 15 is 0 Å². The molecule has 1 amide bonds. The van der Waals surface area contributed by atoms with E-state index in [1.54, 1.807) is 39.1 Å². The van der Waals surface area contributed by atoms with Gasteiger partial charge in [0.25, 0.3) is 5.91 Å². The minimum atomic E-state index is -3.87. The van der Waals surface area contributed by atoms with Crippen LogP contribution in [0.1, 0.15) is 36.7 Å². The van der Waals surface area contributed by atoms with Gasteiger partial charge in [-0.2, -0.15) is 0 Å². The maximum absolute atomic E-state index is 12.7. The number of carbonyl (C=O) groups excluding carboxylic acids is 1. The molecule has 1 heterocycles. The van der Waals surface area contributed by atoms with Crippen LogP contribution in [0.4, 0.5) is 0 Å². The molecule has 0 aliphatic heterocycles. The maximum Gasteiger partial charge on any atom is 0.251 e. The molecule has 2 aromatic rings. The number of carbonyl (C=O) groups is 1. The molecule has 0 aliphatic carbocycles. The lowest BCUT2D eigenvalue weighted by Crippen LogP contribution is -2.40. The Bertz CT molecular complexity index is 952. The zero-order chi connectivity index (χ0) is 20.9. The molecule has 2 rings (SSSR count). The third-order valence-electron chi connectivity index (χ3n) is 3.62. The first-order valence-corrected chi connectivity index (χ1v) is 10.0. The van der Waals surface area contributed by atoms with E-state index in [0.29, 0.717) is 5.88 Å². The van der Waals surface area contributed by atoms with Gasteiger partial charge in [0.2, 0.25) is 15.9 Å². The Hall–Kier alpha value is -2.65. The van der Waals surface area contributed by atoms with E-state index in [1.807, 2.05) is 0 Å². The van der Waals surface area contributed by atoms with Crippen molar-refractivity contribution in [3.63, 3.8) is 0 Å². The number of sulfonamides is 1. The van der Waals surface area contributed by atoms with Gasteiger partial charge in [-0.25, -0.2) is 18.1 Å². The number of rotatable bonds is 7. The first-order chi connectivity index (χ1) is 13.1. The van der Waals surface area contributed by atoms with Gasteiger partial charge in [-0.05, 0) is 50.6 Å². The lowest BCUT2D eigenvalue weighted by Gasteiger charge is -2.21. The number of nitrogens with one attached hydrogen (secondary N) is 2. The Morgan fingerprint density at radius 3 is 2.43 bits per heavy atom. The van der Waals surface area contributed by atoms with Crippen molar-refractivity contribution in [1.82, 2.24) is 15.0 Å². The fraction of sp³-hybridized carbons (Fsp3) is 0.368. The van der Waals surface area contributed by atoms with E-state index in [1.165, 1.54) is 32.4 Å². The van der Waals surface area contributed by atoms with Crippen LogP contribution in [0.25, 0.3) is 0 Å². The minimum Gasteiger partial charge on any atom is -0.495 e. The summed E-state index contributed by atoms with van der Waals surface area (Å²) in [5, 5.41) is 2.75. The standard InChI is InChI=1S/C19H25N3O5S/c1-19(2,3)22-28(24,25)16-11-14(6-7-15(16)26-4)18(23)21-12-13-8-9-20-17(10-13)27-5/h6-11,22H,12H2,1-5H3,(H,21,23). The van der Waals surface area contributed by atoms with Crippen LogP contribution in [0.2, 0.25) is 0 Å². The molecule has 9 heteroatoms. The van der Waals surface area contributed by atoms with E-state index in [9.17, 15) is 13.2 Å². The molecule has 1 aromatic heterocycles. The molecule has 0 aliphatic rings. The van der Waals surface area contributed by atoms with Crippen molar-refractivity contribution < 1.29 is 22.7 Å². The van der Waals surface area contributed by atoms with Crippen molar-refractivity contribution in [2.45, 2.75) is 37.8 Å². The van der Waals surface area contributed by atoms with Crippen molar-refractivity contribution in [3.05, 3.63) is 47.7 Å². The second kappa shape index (κ2) is 8.57. The van der Waals surface area contributed by atoms with E-state index in [4.69, 9.17) is 9.47 Å². The summed E-state index contributed by atoms with van der Waals surface area (Å²) < 4.78 is 38.2. The van der Waals surface area contributed by atoms with Gasteiger partial charge in [-0.1, -0.05) is 0 Å². The molecule has 8 nitrogen and oxygen atoms in total. The van der Waals surface area contributed by atoms with Crippen LogP contribution in [0.3, 0.4) is 0 Å². The van der Waals surface area contributed by atoms with E-state index in [0.717, 1.165) is 5.56 Å². The van der Waals surface area contributed by atoms with Gasteiger partial charge < -0.3 is 14.8 Å². The Morgan fingerprint density at radius 2 is 1.82 bits per heavy atom. The number of aromatic nitrogens is 1. The molecule has 0 fully saturated rings. The maximum atomic E-state index is 12.7. The number of benzene rings is 1. The summed E-state index contributed by atoms with van der Waals surface area (Å²) in [7, 11) is -0.986. The molecule has 0 saturated carbocycles. The summed E-state index contributed by atoms with van der Waals surface area (Å²) in [6.07, 6.45) is 1.58. The lowest BCUT2D eigenvalue weighted by molar-refractivity contribution is 0.0950. The smallest absolute Gasteiger partial charge is 0.251 e. The highest BCUT2D eigenvalue weighted by Gasteiger charge is 2.26. The molecule has 152 valence electrons. The van der Waals surface area contributed by atoms with Gasteiger partial charge in [0, 0.05) is 29.9 Å². The van der Waals surface area contributed by atoms with Crippen LogP contribution in [-0.2, 0) is 16.6 Å². The molecule has 0 atom stereocenters. The quantitative estimate of drug-likeness (QED) is 0.728. The van der Waals surface area contributed by atoms with Gasteiger partial charge in [0.05, 0.1) is 14.2 Å². The fourth-order valence-electron chi connectivity index (χ4n) is 2.44. The largest absolute Gasteiger partial charge is 0.495 e. The van der Waals surface area contributed by atoms with Gasteiger partial charge in [-0.15, -0.1) is 0 Å². The van der Waals surface area contributed by atoms with Crippen LogP contribution >= 0.6 is 0 Å². The highest BCUT2D eigenvalue weighted by molar-refractivity contribution is 7.89. The van der Waals surface area contributed by atoms with E-state index in [2.05, 4.69) is 15.0 Å². The summed E-state index contributed by atoms with van der Waals surface area (Å²) in [5.74, 6) is 0.190. The summed E-state index contributed by atoms with van der Waals surface area (Å²) in [6.45, 7) is 5.44. The van der Waals surface area contributed by atoms with Gasteiger partial charge >= 0.3 is 0 Å². The molecule has 2 N–H and O–H groups in total. The second-order valence-corrected chi connectivity index (χ2v) is 8.76. The molecule has 1 aromatic carbocycles. The second-order valence-electron chi connectivity index (χ2n) is 7.11. The predicted octanol–water partition coefficient (Wildman–Crippen LogP) is 2.11. The predicted molar refractivity (Wildman–Crippen MR) is 105 cm³/mol. The van der Waals surface area contributed by atoms with E-state index < -0.39 is 21.5 Å². The topological polar surface area (TPSA) is 107 Å². The molecular weight excluding hydrogens is 382 g/mol. The van der Waals surface area contributed by atoms with Crippen molar-refractivity contribution in [3.8, 4) is 11.6 Å². The minimum absolute atomic E-state index is 0.0943. The van der Waals surface area contributed by atoms with E-state index in [-0.39, 0.29) is 22.8 Å². The molecule has 0 unspecified atom stereocenters. The van der Waals surface area contributed by atoms with Crippen LogP contribution < -0.4 is 19.5 Å². The first-order valence-electron chi connectivity index (χ1n) is 8.55. The molecule has 28 heavy (non-hydrogen) atoms. The number of hydrogen-bond donors (Lipinski definition) is 2. The summed E-state index contributed by atoms with van der Waals surface area (Å²) in [5.41, 5.74) is 0.328. The van der Waals surface area contributed by atoms with Crippen molar-refractivity contribution in [1.29, 1.82) is 0 Å². The number of pyridine rings is 1. The number of ether oxygens (including phenoxy) is 2. The van der Waals surface area contributed by atoms with Crippen molar-refractivity contribution >= 4 is 15.9 Å². The van der Waals surface area contributed by atoms with Gasteiger partial charge in [0.15, 0.2) is 0 Å². The lowest BCUT2D eigenvalue weighted by atomic mass is 10.1. The first kappa shape index (κ1) is 21.6. The number of hydrogen-bond acceptors (Lipinski definition) is 6. The van der Waals surface area contributed by atoms with Crippen LogP contribution in [0.15, 0.2) is 41.4 Å². The average Bonchev–Trinajstić information content (AvgIpc) is 2.63. The van der Waals surface area contributed by atoms with Crippen LogP contribution in [-0.4, -0.2) is 39.1 Å². The third kappa shape index (κ3) is 5.67. The SMILES string of the molecule is COc1cc(CNC(=O)c2ccc(OC)c(S(=O)(=O)NC(C)(C)C)c2)ccn1. The molecule has 0 spiro atoms. The Labute approximate surface area is 165 Å². The summed E-state index contributed by atoms with van der Waals surface area (Å²) >= 11 is 0. The summed E-state index contributed by atoms with van der Waals surface area (Å²) in [6, 6.07) is 7.73. The molecule has 0 saturated heterocycles. The van der Waals surface area contributed by atoms with Crippen LogP contribution in [0, 0.1) is 0 Å². The third-order valence-corrected chi connectivity index (χ3v) is 5.40. The molecule has 0 bridgehead atoms. The highest BCUT2D eigenvalue weighted by Crippen LogP contribution is 2.26. The highest BCUT2D eigenvalue weighted by atomic mass is 32.2. The fourth-order valence-corrected chi connectivity index (χ4v) is 4.06. The molecular formula is C19H25N3O5S. The number of amides is 1. The van der Waals surface area contributed by atoms with Crippen molar-refractivity contribution in [2.75, 3.05) is 14.2 Å². The average molecular weight is 407 g/mol. The van der Waals surface area contributed by atoms with Gasteiger partial charge in [-0.3, -0.25) is 4.79 Å². The normalized spacial score (nSPS) is 11.8. The van der Waals surface area contributed by atoms with Crippen molar-refractivity contribution in [2.24, 2.45) is 0 Å². The Morgan fingerprint density at radius 1 is 1.11 bits per heavy atom. The summed E-state index contributed by atoms with van der Waals surface area (Å²) in [4.78, 5) is 16.4. The number of nitrogens with zero attached hydrogens (tertiary/aromatic N) is 1. The zero-order valence-corrected chi connectivity index (χ0v) is 17.4. The Kier molecular flexibility index (Phi) is 6.63. The van der Waals surface area contributed by atoms with Crippen LogP contribution in [0.5, 0.6) is 11.6 Å².